The molecule has 1 unspecified atom stereocenters. The number of nitrogens with zero attached hydrogens (tertiary/aromatic N) is 1. The Balaban J connectivity index is 2.02. The fourth-order valence-electron chi connectivity index (χ4n) is 2.06. The summed E-state index contributed by atoms with van der Waals surface area (Å²) in [7, 11) is 2.08. The Morgan fingerprint density at radius 3 is 2.88 bits per heavy atom. The van der Waals surface area contributed by atoms with Gasteiger partial charge in [-0.05, 0) is 44.6 Å². The van der Waals surface area contributed by atoms with Crippen LogP contribution in [0.1, 0.15) is 22.3 Å². The van der Waals surface area contributed by atoms with Crippen LogP contribution < -0.4 is 5.32 Å². The minimum absolute atomic E-state index is 0.0194. The second-order valence-corrected chi connectivity index (χ2v) is 5.54. The molecule has 3 nitrogen and oxygen atoms in total. The first-order valence-electron chi connectivity index (χ1n) is 5.82. The van der Waals surface area contributed by atoms with Gasteiger partial charge in [0, 0.05) is 22.6 Å². The van der Waals surface area contributed by atoms with Gasteiger partial charge in [0.25, 0.3) is 5.91 Å². The molecule has 0 spiro atoms. The molecule has 1 heterocycles. The summed E-state index contributed by atoms with van der Waals surface area (Å²) >= 11 is 3.45. The fraction of sp³-hybridized carbons (Fsp3) is 0.462. The number of amides is 1. The lowest BCUT2D eigenvalue weighted by Gasteiger charge is -2.13. The molecule has 0 saturated carbocycles. The van der Waals surface area contributed by atoms with Gasteiger partial charge in [-0.15, -0.1) is 0 Å². The lowest BCUT2D eigenvalue weighted by Crippen LogP contribution is -2.36. The molecule has 1 fully saturated rings. The molecule has 0 aromatic heterocycles. The van der Waals surface area contributed by atoms with E-state index in [4.69, 9.17) is 0 Å². The van der Waals surface area contributed by atoms with Crippen LogP contribution in [0.15, 0.2) is 22.7 Å². The molecule has 17 heavy (non-hydrogen) atoms. The van der Waals surface area contributed by atoms with E-state index in [1.807, 2.05) is 25.1 Å². The first-order valence-corrected chi connectivity index (χ1v) is 6.61. The highest BCUT2D eigenvalue weighted by atomic mass is 79.9. The molecule has 1 aliphatic heterocycles. The molecular formula is C13H17BrN2O. The van der Waals surface area contributed by atoms with Gasteiger partial charge in [0.15, 0.2) is 0 Å². The molecule has 0 bridgehead atoms. The van der Waals surface area contributed by atoms with Gasteiger partial charge in [-0.1, -0.05) is 22.0 Å². The zero-order chi connectivity index (χ0) is 12.4. The molecule has 1 aliphatic rings. The predicted octanol–water partition coefficient (Wildman–Crippen LogP) is 2.19. The number of benzene rings is 1. The number of carbonyl (C=O) groups is 1. The van der Waals surface area contributed by atoms with Crippen LogP contribution in [0.25, 0.3) is 0 Å². The molecule has 1 aromatic carbocycles. The monoisotopic (exact) mass is 296 g/mol. The summed E-state index contributed by atoms with van der Waals surface area (Å²) < 4.78 is 0.980. The second-order valence-electron chi connectivity index (χ2n) is 4.69. The average molecular weight is 297 g/mol. The first kappa shape index (κ1) is 12.6. The number of hydrogen-bond acceptors (Lipinski definition) is 2. The minimum atomic E-state index is 0.0194. The first-order chi connectivity index (χ1) is 8.06. The van der Waals surface area contributed by atoms with Gasteiger partial charge in [0.1, 0.15) is 0 Å². The molecule has 92 valence electrons. The quantitative estimate of drug-likeness (QED) is 0.907. The van der Waals surface area contributed by atoms with Crippen molar-refractivity contribution >= 4 is 21.8 Å². The lowest BCUT2D eigenvalue weighted by molar-refractivity contribution is 0.0938. The van der Waals surface area contributed by atoms with Gasteiger partial charge >= 0.3 is 0 Å². The van der Waals surface area contributed by atoms with E-state index in [0.29, 0.717) is 0 Å². The number of aryl methyl sites for hydroxylation is 1. The maximum Gasteiger partial charge on any atom is 0.251 e. The van der Waals surface area contributed by atoms with E-state index in [0.717, 1.165) is 35.1 Å². The highest BCUT2D eigenvalue weighted by Gasteiger charge is 2.21. The topological polar surface area (TPSA) is 32.3 Å². The smallest absolute Gasteiger partial charge is 0.251 e. The SMILES string of the molecule is Cc1ccc(C(=O)NC2CCN(C)C2)cc1Br. The zero-order valence-corrected chi connectivity index (χ0v) is 11.8. The van der Waals surface area contributed by atoms with Crippen LogP contribution in [0.5, 0.6) is 0 Å². The minimum Gasteiger partial charge on any atom is -0.348 e. The molecule has 1 saturated heterocycles. The number of hydrogen-bond donors (Lipinski definition) is 1. The van der Waals surface area contributed by atoms with Crippen molar-refractivity contribution < 1.29 is 4.79 Å². The van der Waals surface area contributed by atoms with Crippen molar-refractivity contribution in [2.75, 3.05) is 20.1 Å². The van der Waals surface area contributed by atoms with Crippen molar-refractivity contribution in [2.24, 2.45) is 0 Å². The molecule has 1 N–H and O–H groups in total. The van der Waals surface area contributed by atoms with Gasteiger partial charge in [0.2, 0.25) is 0 Å². The number of nitrogens with one attached hydrogen (secondary N) is 1. The lowest BCUT2D eigenvalue weighted by atomic mass is 10.1. The van der Waals surface area contributed by atoms with Crippen LogP contribution in [0.3, 0.4) is 0 Å². The Hall–Kier alpha value is -0.870. The van der Waals surface area contributed by atoms with E-state index in [9.17, 15) is 4.79 Å². The molecule has 1 aromatic rings. The summed E-state index contributed by atoms with van der Waals surface area (Å²) in [6.45, 7) is 4.01. The van der Waals surface area contributed by atoms with Crippen LogP contribution in [-0.4, -0.2) is 37.0 Å². The van der Waals surface area contributed by atoms with Crippen molar-refractivity contribution in [1.29, 1.82) is 0 Å². The second kappa shape index (κ2) is 5.19. The van der Waals surface area contributed by atoms with E-state index < -0.39 is 0 Å². The molecule has 4 heteroatoms. The molecular weight excluding hydrogens is 280 g/mol. The zero-order valence-electron chi connectivity index (χ0n) is 10.2. The normalized spacial score (nSPS) is 20.5. The maximum absolute atomic E-state index is 12.0. The van der Waals surface area contributed by atoms with Crippen molar-refractivity contribution in [3.05, 3.63) is 33.8 Å². The molecule has 0 aliphatic carbocycles. The van der Waals surface area contributed by atoms with Gasteiger partial charge in [0.05, 0.1) is 0 Å². The van der Waals surface area contributed by atoms with Gasteiger partial charge in [-0.3, -0.25) is 4.79 Å². The highest BCUT2D eigenvalue weighted by Crippen LogP contribution is 2.18. The number of rotatable bonds is 2. The summed E-state index contributed by atoms with van der Waals surface area (Å²) in [5, 5.41) is 3.07. The van der Waals surface area contributed by atoms with Gasteiger partial charge in [-0.2, -0.15) is 0 Å². The maximum atomic E-state index is 12.0. The fourth-order valence-corrected chi connectivity index (χ4v) is 2.43. The van der Waals surface area contributed by atoms with E-state index in [1.54, 1.807) is 0 Å². The van der Waals surface area contributed by atoms with Crippen molar-refractivity contribution in [3.8, 4) is 0 Å². The van der Waals surface area contributed by atoms with E-state index in [2.05, 4.69) is 33.2 Å². The highest BCUT2D eigenvalue weighted by molar-refractivity contribution is 9.10. The number of likely N-dealkylation sites (N-methyl/N-ethyl adjacent to an activating group) is 1. The van der Waals surface area contributed by atoms with Crippen LogP contribution in [0, 0.1) is 6.92 Å². The molecule has 0 radical (unpaired) electrons. The van der Waals surface area contributed by atoms with Crippen LogP contribution >= 0.6 is 15.9 Å². The van der Waals surface area contributed by atoms with E-state index in [-0.39, 0.29) is 11.9 Å². The third-order valence-electron chi connectivity index (χ3n) is 3.16. The van der Waals surface area contributed by atoms with Gasteiger partial charge in [-0.25, -0.2) is 0 Å². The molecule has 1 atom stereocenters. The summed E-state index contributed by atoms with van der Waals surface area (Å²) in [4.78, 5) is 14.3. The third kappa shape index (κ3) is 3.07. The van der Waals surface area contributed by atoms with E-state index >= 15 is 0 Å². The standard InChI is InChI=1S/C13H17BrN2O/c1-9-3-4-10(7-12(9)14)13(17)15-11-5-6-16(2)8-11/h3-4,7,11H,5-6,8H2,1-2H3,(H,15,17). The average Bonchev–Trinajstić information content (AvgIpc) is 2.68. The Morgan fingerprint density at radius 2 is 2.29 bits per heavy atom. The number of likely N-dealkylation sites (tertiary alicyclic amines) is 1. The number of carbonyl (C=O) groups excluding carboxylic acids is 1. The van der Waals surface area contributed by atoms with Crippen molar-refractivity contribution in [1.82, 2.24) is 10.2 Å². The van der Waals surface area contributed by atoms with E-state index in [1.165, 1.54) is 0 Å². The summed E-state index contributed by atoms with van der Waals surface area (Å²) in [6.07, 6.45) is 1.04. The molecule has 1 amide bonds. The number of halogens is 1. The van der Waals surface area contributed by atoms with Gasteiger partial charge < -0.3 is 10.2 Å². The van der Waals surface area contributed by atoms with Crippen LogP contribution in [-0.2, 0) is 0 Å². The van der Waals surface area contributed by atoms with Crippen molar-refractivity contribution in [3.63, 3.8) is 0 Å². The largest absolute Gasteiger partial charge is 0.348 e. The summed E-state index contributed by atoms with van der Waals surface area (Å²) in [5.41, 5.74) is 1.86. The summed E-state index contributed by atoms with van der Waals surface area (Å²) in [5.74, 6) is 0.0194. The van der Waals surface area contributed by atoms with Crippen molar-refractivity contribution in [2.45, 2.75) is 19.4 Å². The Labute approximate surface area is 110 Å². The Bertz CT molecular complexity index is 433. The van der Waals surface area contributed by atoms with Crippen LogP contribution in [0.2, 0.25) is 0 Å². The third-order valence-corrected chi connectivity index (χ3v) is 4.01. The van der Waals surface area contributed by atoms with Crippen LogP contribution in [0.4, 0.5) is 0 Å². The summed E-state index contributed by atoms with van der Waals surface area (Å²) in [6, 6.07) is 5.99. The molecule has 2 rings (SSSR count). The Kier molecular flexibility index (Phi) is 3.84. The predicted molar refractivity (Wildman–Crippen MR) is 72.2 cm³/mol. The Morgan fingerprint density at radius 1 is 1.53 bits per heavy atom.